The normalized spacial score (nSPS) is 15.1. The number of esters is 1. The van der Waals surface area contributed by atoms with Crippen LogP contribution in [0, 0.1) is 0 Å². The van der Waals surface area contributed by atoms with Crippen molar-refractivity contribution < 1.29 is 19.4 Å². The van der Waals surface area contributed by atoms with Crippen molar-refractivity contribution in [1.82, 2.24) is 0 Å². The van der Waals surface area contributed by atoms with E-state index < -0.39 is 5.92 Å². The Morgan fingerprint density at radius 1 is 1.00 bits per heavy atom. The van der Waals surface area contributed by atoms with Gasteiger partial charge in [-0.3, -0.25) is 4.79 Å². The maximum atomic E-state index is 12.8. The molecule has 0 saturated carbocycles. The molecule has 0 fully saturated rings. The molecule has 0 amide bonds. The molecule has 0 spiro atoms. The summed E-state index contributed by atoms with van der Waals surface area (Å²) < 4.78 is 5.07. The molecular weight excluding hydrogens is 424 g/mol. The number of fused-ring (bicyclic) bond motifs is 1. The SMILES string of the molecule is CCOC(=O)c1ccc(C(C(C)=O)c2ccc3c(c2)C(c2cccc(O)c2)=CCC3(C)C)cc1. The van der Waals surface area contributed by atoms with E-state index in [0.29, 0.717) is 12.2 Å². The summed E-state index contributed by atoms with van der Waals surface area (Å²) in [6, 6.07) is 20.6. The molecule has 174 valence electrons. The molecule has 0 bridgehead atoms. The number of phenolic OH excluding ortho intramolecular Hbond substituents is 1. The Morgan fingerprint density at radius 2 is 1.71 bits per heavy atom. The minimum absolute atomic E-state index is 0.0294. The first-order valence-electron chi connectivity index (χ1n) is 11.6. The van der Waals surface area contributed by atoms with E-state index >= 15 is 0 Å². The summed E-state index contributed by atoms with van der Waals surface area (Å²) >= 11 is 0. The van der Waals surface area contributed by atoms with Gasteiger partial charge in [0.1, 0.15) is 11.5 Å². The van der Waals surface area contributed by atoms with Crippen molar-refractivity contribution in [2.75, 3.05) is 6.61 Å². The molecule has 1 aliphatic carbocycles. The van der Waals surface area contributed by atoms with Gasteiger partial charge in [0.05, 0.1) is 18.1 Å². The first-order valence-corrected chi connectivity index (χ1v) is 11.6. The largest absolute Gasteiger partial charge is 0.508 e. The zero-order valence-electron chi connectivity index (χ0n) is 20.1. The summed E-state index contributed by atoms with van der Waals surface area (Å²) in [5.74, 6) is -0.562. The quantitative estimate of drug-likeness (QED) is 0.438. The molecule has 0 saturated heterocycles. The summed E-state index contributed by atoms with van der Waals surface area (Å²) in [6.45, 7) is 8.13. The number of rotatable bonds is 6. The highest BCUT2D eigenvalue weighted by Crippen LogP contribution is 2.43. The van der Waals surface area contributed by atoms with E-state index in [4.69, 9.17) is 4.74 Å². The van der Waals surface area contributed by atoms with Gasteiger partial charge in [0.2, 0.25) is 0 Å². The molecule has 0 aliphatic heterocycles. The first kappa shape index (κ1) is 23.5. The van der Waals surface area contributed by atoms with Crippen LogP contribution in [0.3, 0.4) is 0 Å². The third-order valence-electron chi connectivity index (χ3n) is 6.53. The maximum absolute atomic E-state index is 12.8. The standard InChI is InChI=1S/C30H30O4/c1-5-34-29(33)21-11-9-20(10-12-21)28(19(2)31)23-13-14-27-26(18-23)25(15-16-30(27,3)4)22-7-6-8-24(32)17-22/h6-15,17-18,28,32H,5,16H2,1-4H3. The van der Waals surface area contributed by atoms with Crippen LogP contribution in [0.2, 0.25) is 0 Å². The number of allylic oxidation sites excluding steroid dienone is 1. The van der Waals surface area contributed by atoms with Crippen LogP contribution in [-0.2, 0) is 14.9 Å². The van der Waals surface area contributed by atoms with Gasteiger partial charge in [-0.15, -0.1) is 0 Å². The number of carbonyl (C=O) groups excluding carboxylic acids is 2. The molecule has 0 radical (unpaired) electrons. The zero-order chi connectivity index (χ0) is 24.5. The minimum Gasteiger partial charge on any atom is -0.508 e. The molecule has 1 aliphatic rings. The molecule has 4 rings (SSSR count). The highest BCUT2D eigenvalue weighted by atomic mass is 16.5. The number of ketones is 1. The van der Waals surface area contributed by atoms with Crippen LogP contribution in [-0.4, -0.2) is 23.5 Å². The van der Waals surface area contributed by atoms with E-state index in [1.54, 1.807) is 38.1 Å². The number of hydrogen-bond donors (Lipinski definition) is 1. The fourth-order valence-electron chi connectivity index (χ4n) is 4.77. The second kappa shape index (κ2) is 9.30. The third-order valence-corrected chi connectivity index (χ3v) is 6.53. The monoisotopic (exact) mass is 454 g/mol. The predicted molar refractivity (Wildman–Crippen MR) is 134 cm³/mol. The number of benzene rings is 3. The van der Waals surface area contributed by atoms with Crippen LogP contribution in [0.4, 0.5) is 0 Å². The molecular formula is C30H30O4. The third kappa shape index (κ3) is 4.54. The van der Waals surface area contributed by atoms with Crippen molar-refractivity contribution in [3.05, 3.63) is 106 Å². The van der Waals surface area contributed by atoms with E-state index in [1.807, 2.05) is 30.3 Å². The van der Waals surface area contributed by atoms with Crippen molar-refractivity contribution >= 4 is 17.3 Å². The van der Waals surface area contributed by atoms with E-state index in [0.717, 1.165) is 34.2 Å². The summed E-state index contributed by atoms with van der Waals surface area (Å²) in [4.78, 5) is 24.9. The molecule has 1 atom stereocenters. The Kier molecular flexibility index (Phi) is 6.43. The molecule has 3 aromatic carbocycles. The number of Topliss-reactive ketones (excluding diaryl/α,β-unsaturated/α-hetero) is 1. The molecule has 1 N–H and O–H groups in total. The van der Waals surface area contributed by atoms with Gasteiger partial charge >= 0.3 is 5.97 Å². The van der Waals surface area contributed by atoms with E-state index in [9.17, 15) is 14.7 Å². The highest BCUT2D eigenvalue weighted by molar-refractivity contribution is 5.91. The molecule has 4 heteroatoms. The molecule has 0 aromatic heterocycles. The number of hydrogen-bond acceptors (Lipinski definition) is 4. The Bertz CT molecular complexity index is 1270. The van der Waals surface area contributed by atoms with E-state index in [-0.39, 0.29) is 22.9 Å². The molecule has 3 aromatic rings. The van der Waals surface area contributed by atoms with Gasteiger partial charge in [-0.05, 0) is 89.4 Å². The maximum Gasteiger partial charge on any atom is 0.338 e. The molecule has 4 nitrogen and oxygen atoms in total. The van der Waals surface area contributed by atoms with Crippen LogP contribution < -0.4 is 0 Å². The van der Waals surface area contributed by atoms with Gasteiger partial charge in [0.25, 0.3) is 0 Å². The summed E-state index contributed by atoms with van der Waals surface area (Å²) in [5.41, 5.74) is 6.47. The Morgan fingerprint density at radius 3 is 2.35 bits per heavy atom. The molecule has 1 unspecified atom stereocenters. The second-order valence-electron chi connectivity index (χ2n) is 9.45. The first-order chi connectivity index (χ1) is 16.2. The van der Waals surface area contributed by atoms with Crippen LogP contribution in [0.5, 0.6) is 5.75 Å². The average molecular weight is 455 g/mol. The Labute approximate surface area is 200 Å². The number of carbonyl (C=O) groups is 2. The summed E-state index contributed by atoms with van der Waals surface area (Å²) in [6.07, 6.45) is 3.10. The van der Waals surface area contributed by atoms with Gasteiger partial charge in [0.15, 0.2) is 0 Å². The summed E-state index contributed by atoms with van der Waals surface area (Å²) in [5, 5.41) is 10.0. The molecule has 34 heavy (non-hydrogen) atoms. The van der Waals surface area contributed by atoms with Crippen LogP contribution >= 0.6 is 0 Å². The highest BCUT2D eigenvalue weighted by Gasteiger charge is 2.30. The fourth-order valence-corrected chi connectivity index (χ4v) is 4.77. The van der Waals surface area contributed by atoms with Crippen LogP contribution in [0.25, 0.3) is 5.57 Å². The van der Waals surface area contributed by atoms with E-state index in [1.165, 1.54) is 5.56 Å². The topological polar surface area (TPSA) is 63.6 Å². The van der Waals surface area contributed by atoms with Crippen molar-refractivity contribution in [1.29, 1.82) is 0 Å². The van der Waals surface area contributed by atoms with Crippen molar-refractivity contribution in [3.63, 3.8) is 0 Å². The fraction of sp³-hybridized carbons (Fsp3) is 0.267. The molecule has 0 heterocycles. The van der Waals surface area contributed by atoms with Crippen LogP contribution in [0.15, 0.2) is 72.8 Å². The Hall–Kier alpha value is -3.66. The lowest BCUT2D eigenvalue weighted by Gasteiger charge is -2.33. The van der Waals surface area contributed by atoms with Crippen molar-refractivity contribution in [2.45, 2.75) is 45.4 Å². The number of aromatic hydroxyl groups is 1. The van der Waals surface area contributed by atoms with Crippen molar-refractivity contribution in [2.24, 2.45) is 0 Å². The average Bonchev–Trinajstić information content (AvgIpc) is 2.79. The predicted octanol–water partition coefficient (Wildman–Crippen LogP) is 6.40. The van der Waals surface area contributed by atoms with Crippen molar-refractivity contribution in [3.8, 4) is 5.75 Å². The lowest BCUT2D eigenvalue weighted by Crippen LogP contribution is -2.22. The number of phenols is 1. The van der Waals surface area contributed by atoms with Gasteiger partial charge < -0.3 is 9.84 Å². The van der Waals surface area contributed by atoms with Gasteiger partial charge in [0, 0.05) is 0 Å². The van der Waals surface area contributed by atoms with Gasteiger partial charge in [-0.2, -0.15) is 0 Å². The second-order valence-corrected chi connectivity index (χ2v) is 9.45. The summed E-state index contributed by atoms with van der Waals surface area (Å²) in [7, 11) is 0. The van der Waals surface area contributed by atoms with Crippen LogP contribution in [0.1, 0.15) is 78.2 Å². The number of ether oxygens (including phenoxy) is 1. The Balaban J connectivity index is 1.79. The zero-order valence-corrected chi connectivity index (χ0v) is 20.1. The smallest absolute Gasteiger partial charge is 0.338 e. The minimum atomic E-state index is -0.447. The lowest BCUT2D eigenvalue weighted by atomic mass is 9.71. The van der Waals surface area contributed by atoms with E-state index in [2.05, 4.69) is 32.1 Å². The van der Waals surface area contributed by atoms with Gasteiger partial charge in [-0.25, -0.2) is 4.79 Å². The lowest BCUT2D eigenvalue weighted by molar-refractivity contribution is -0.117. The van der Waals surface area contributed by atoms with Gasteiger partial charge in [-0.1, -0.05) is 56.3 Å².